The molecule has 1 aromatic carbocycles. The highest BCUT2D eigenvalue weighted by Crippen LogP contribution is 2.27. The Balaban J connectivity index is 1.76. The second kappa shape index (κ2) is 4.97. The number of benzene rings is 1. The lowest BCUT2D eigenvalue weighted by molar-refractivity contribution is 0.727. The average Bonchev–Trinajstić information content (AvgIpc) is 2.95. The molecule has 0 atom stereocenters. The van der Waals surface area contributed by atoms with Crippen LogP contribution in [0.5, 0.6) is 0 Å². The van der Waals surface area contributed by atoms with E-state index in [2.05, 4.69) is 15.3 Å². The van der Waals surface area contributed by atoms with Crippen LogP contribution < -0.4 is 11.1 Å². The standard InChI is InChI=1S/C14H15N5/c15-14-11-2-1-5-17-12(11)3-4-13(14)18-7-9-19-8-6-16-10-19/h1-6,8,10,18H,7,9,15H2. The molecular weight excluding hydrogens is 238 g/mol. The van der Waals surface area contributed by atoms with Gasteiger partial charge in [-0.3, -0.25) is 4.98 Å². The molecule has 0 radical (unpaired) electrons. The van der Waals surface area contributed by atoms with Gasteiger partial charge in [-0.2, -0.15) is 0 Å². The molecule has 3 N–H and O–H groups in total. The molecule has 2 aromatic heterocycles. The molecule has 5 heteroatoms. The van der Waals surface area contributed by atoms with Gasteiger partial charge in [0, 0.05) is 37.1 Å². The molecule has 0 saturated heterocycles. The van der Waals surface area contributed by atoms with Crippen molar-refractivity contribution < 1.29 is 0 Å². The van der Waals surface area contributed by atoms with E-state index in [0.29, 0.717) is 0 Å². The van der Waals surface area contributed by atoms with Crippen molar-refractivity contribution in [2.24, 2.45) is 0 Å². The summed E-state index contributed by atoms with van der Waals surface area (Å²) in [6, 6.07) is 7.83. The molecule has 3 rings (SSSR count). The fraction of sp³-hybridized carbons (Fsp3) is 0.143. The molecule has 0 unspecified atom stereocenters. The molecular formula is C14H15N5. The Morgan fingerprint density at radius 3 is 3.00 bits per heavy atom. The first-order chi connectivity index (χ1) is 9.34. The zero-order valence-electron chi connectivity index (χ0n) is 10.5. The number of pyridine rings is 1. The maximum Gasteiger partial charge on any atom is 0.0946 e. The quantitative estimate of drug-likeness (QED) is 0.699. The van der Waals surface area contributed by atoms with E-state index in [0.717, 1.165) is 35.4 Å². The normalized spacial score (nSPS) is 10.7. The third-order valence-electron chi connectivity index (χ3n) is 3.07. The maximum absolute atomic E-state index is 6.16. The smallest absolute Gasteiger partial charge is 0.0946 e. The van der Waals surface area contributed by atoms with Crippen LogP contribution in [0.4, 0.5) is 11.4 Å². The van der Waals surface area contributed by atoms with Gasteiger partial charge in [0.2, 0.25) is 0 Å². The third kappa shape index (κ3) is 2.35. The number of rotatable bonds is 4. The van der Waals surface area contributed by atoms with Crippen LogP contribution in [0.2, 0.25) is 0 Å². The van der Waals surface area contributed by atoms with Gasteiger partial charge in [0.05, 0.1) is 23.2 Å². The Morgan fingerprint density at radius 1 is 1.21 bits per heavy atom. The molecule has 3 aromatic rings. The van der Waals surface area contributed by atoms with Crippen LogP contribution in [0.15, 0.2) is 49.2 Å². The van der Waals surface area contributed by atoms with Crippen LogP contribution in [-0.4, -0.2) is 21.1 Å². The highest BCUT2D eigenvalue weighted by atomic mass is 15.0. The van der Waals surface area contributed by atoms with Crippen molar-refractivity contribution in [2.45, 2.75) is 6.54 Å². The number of nitrogen functional groups attached to an aromatic ring is 1. The largest absolute Gasteiger partial charge is 0.397 e. The molecule has 0 aliphatic heterocycles. The van der Waals surface area contributed by atoms with Crippen molar-refractivity contribution in [3.63, 3.8) is 0 Å². The van der Waals surface area contributed by atoms with Gasteiger partial charge >= 0.3 is 0 Å². The van der Waals surface area contributed by atoms with Crippen LogP contribution in [0, 0.1) is 0 Å². The first-order valence-electron chi connectivity index (χ1n) is 6.17. The van der Waals surface area contributed by atoms with Crippen molar-refractivity contribution in [3.05, 3.63) is 49.2 Å². The molecule has 0 amide bonds. The Morgan fingerprint density at radius 2 is 2.16 bits per heavy atom. The summed E-state index contributed by atoms with van der Waals surface area (Å²) in [5, 5.41) is 4.32. The van der Waals surface area contributed by atoms with Crippen LogP contribution in [0.3, 0.4) is 0 Å². The summed E-state index contributed by atoms with van der Waals surface area (Å²) < 4.78 is 2.02. The summed E-state index contributed by atoms with van der Waals surface area (Å²) in [5.74, 6) is 0. The summed E-state index contributed by atoms with van der Waals surface area (Å²) in [6.07, 6.45) is 7.29. The van der Waals surface area contributed by atoms with E-state index >= 15 is 0 Å². The number of hydrogen-bond acceptors (Lipinski definition) is 4. The summed E-state index contributed by atoms with van der Waals surface area (Å²) in [5.41, 5.74) is 8.77. The molecule has 0 aliphatic rings. The van der Waals surface area contributed by atoms with Crippen molar-refractivity contribution >= 4 is 22.3 Å². The molecule has 0 fully saturated rings. The molecule has 0 aliphatic carbocycles. The monoisotopic (exact) mass is 253 g/mol. The van der Waals surface area contributed by atoms with Crippen LogP contribution in [-0.2, 0) is 6.54 Å². The average molecular weight is 253 g/mol. The Hall–Kier alpha value is -2.56. The fourth-order valence-corrected chi connectivity index (χ4v) is 2.07. The van der Waals surface area contributed by atoms with Gasteiger partial charge in [-0.1, -0.05) is 0 Å². The molecule has 96 valence electrons. The number of anilines is 2. The number of nitrogens with two attached hydrogens (primary N) is 1. The zero-order chi connectivity index (χ0) is 13.1. The lowest BCUT2D eigenvalue weighted by Crippen LogP contribution is -2.10. The van der Waals surface area contributed by atoms with E-state index in [1.807, 2.05) is 35.0 Å². The summed E-state index contributed by atoms with van der Waals surface area (Å²) >= 11 is 0. The van der Waals surface area contributed by atoms with Gasteiger partial charge < -0.3 is 15.6 Å². The van der Waals surface area contributed by atoms with Gasteiger partial charge in [-0.25, -0.2) is 4.98 Å². The van der Waals surface area contributed by atoms with Crippen LogP contribution >= 0.6 is 0 Å². The topological polar surface area (TPSA) is 68.8 Å². The van der Waals surface area contributed by atoms with E-state index in [1.165, 1.54) is 0 Å². The van der Waals surface area contributed by atoms with Crippen molar-refractivity contribution in [1.29, 1.82) is 0 Å². The second-order valence-electron chi connectivity index (χ2n) is 4.32. The minimum Gasteiger partial charge on any atom is -0.397 e. The second-order valence-corrected chi connectivity index (χ2v) is 4.32. The molecule has 0 saturated carbocycles. The van der Waals surface area contributed by atoms with E-state index in [1.54, 1.807) is 18.7 Å². The van der Waals surface area contributed by atoms with Crippen LogP contribution in [0.1, 0.15) is 0 Å². The van der Waals surface area contributed by atoms with E-state index in [9.17, 15) is 0 Å². The van der Waals surface area contributed by atoms with Gasteiger partial charge in [0.1, 0.15) is 0 Å². The number of fused-ring (bicyclic) bond motifs is 1. The number of nitrogens with one attached hydrogen (secondary N) is 1. The lowest BCUT2D eigenvalue weighted by Gasteiger charge is -2.11. The van der Waals surface area contributed by atoms with Crippen molar-refractivity contribution in [1.82, 2.24) is 14.5 Å². The zero-order valence-corrected chi connectivity index (χ0v) is 10.5. The van der Waals surface area contributed by atoms with E-state index in [-0.39, 0.29) is 0 Å². The SMILES string of the molecule is Nc1c(NCCn2ccnc2)ccc2ncccc12. The Labute approximate surface area is 111 Å². The molecule has 0 bridgehead atoms. The molecule has 2 heterocycles. The highest BCUT2D eigenvalue weighted by Gasteiger charge is 2.04. The molecule has 0 spiro atoms. The van der Waals surface area contributed by atoms with Gasteiger partial charge in [0.25, 0.3) is 0 Å². The summed E-state index contributed by atoms with van der Waals surface area (Å²) in [4.78, 5) is 8.29. The first-order valence-corrected chi connectivity index (χ1v) is 6.17. The van der Waals surface area contributed by atoms with Crippen molar-refractivity contribution in [3.8, 4) is 0 Å². The van der Waals surface area contributed by atoms with Gasteiger partial charge in [-0.15, -0.1) is 0 Å². The van der Waals surface area contributed by atoms with Crippen LogP contribution in [0.25, 0.3) is 10.9 Å². The predicted molar refractivity (Wildman–Crippen MR) is 76.9 cm³/mol. The Bertz CT molecular complexity index is 675. The van der Waals surface area contributed by atoms with E-state index < -0.39 is 0 Å². The number of hydrogen-bond donors (Lipinski definition) is 2. The first kappa shape index (κ1) is 11.5. The summed E-state index contributed by atoms with van der Waals surface area (Å²) in [6.45, 7) is 1.65. The minimum atomic E-state index is 0.747. The maximum atomic E-state index is 6.16. The predicted octanol–water partition coefficient (Wildman–Crippen LogP) is 2.13. The molecule has 5 nitrogen and oxygen atoms in total. The van der Waals surface area contributed by atoms with Gasteiger partial charge in [-0.05, 0) is 24.3 Å². The number of aromatic nitrogens is 3. The lowest BCUT2D eigenvalue weighted by atomic mass is 10.1. The number of nitrogens with zero attached hydrogens (tertiary/aromatic N) is 3. The third-order valence-corrected chi connectivity index (χ3v) is 3.07. The van der Waals surface area contributed by atoms with E-state index in [4.69, 9.17) is 5.73 Å². The fourth-order valence-electron chi connectivity index (χ4n) is 2.07. The Kier molecular flexibility index (Phi) is 3.02. The minimum absolute atomic E-state index is 0.747. The van der Waals surface area contributed by atoms with Gasteiger partial charge in [0.15, 0.2) is 0 Å². The number of imidazole rings is 1. The molecule has 19 heavy (non-hydrogen) atoms. The summed E-state index contributed by atoms with van der Waals surface area (Å²) in [7, 11) is 0. The highest BCUT2D eigenvalue weighted by molar-refractivity contribution is 5.96. The van der Waals surface area contributed by atoms with Crippen molar-refractivity contribution in [2.75, 3.05) is 17.6 Å².